The fraction of sp³-hybridized carbons (Fsp3) is 0.533. The van der Waals surface area contributed by atoms with Crippen LogP contribution in [0.1, 0.15) is 37.8 Å². The molecule has 1 aliphatic rings. The highest BCUT2D eigenvalue weighted by Gasteiger charge is 2.32. The summed E-state index contributed by atoms with van der Waals surface area (Å²) in [4.78, 5) is 0.278. The number of nitrogens with one attached hydrogen (secondary N) is 1. The van der Waals surface area contributed by atoms with E-state index in [2.05, 4.69) is 18.6 Å². The molecule has 0 spiro atoms. The molecule has 2 rings (SSSR count). The van der Waals surface area contributed by atoms with Gasteiger partial charge in [-0.25, -0.2) is 13.1 Å². The SMILES string of the molecule is CC1CCC(NS(=O)(=O)Cc2cccc(C(N)=S)c2)C1C. The first-order valence-electron chi connectivity index (χ1n) is 7.17. The molecule has 0 saturated heterocycles. The van der Waals surface area contributed by atoms with Gasteiger partial charge in [-0.15, -0.1) is 0 Å². The van der Waals surface area contributed by atoms with Crippen molar-refractivity contribution < 1.29 is 8.42 Å². The lowest BCUT2D eigenvalue weighted by atomic mass is 9.98. The van der Waals surface area contributed by atoms with Gasteiger partial charge in [0.15, 0.2) is 0 Å². The molecular formula is C15H22N2O2S2. The van der Waals surface area contributed by atoms with Crippen molar-refractivity contribution in [3.8, 4) is 0 Å². The number of sulfonamides is 1. The number of hydrogen-bond donors (Lipinski definition) is 2. The van der Waals surface area contributed by atoms with E-state index >= 15 is 0 Å². The number of hydrogen-bond acceptors (Lipinski definition) is 3. The van der Waals surface area contributed by atoms with Crippen LogP contribution < -0.4 is 10.5 Å². The van der Waals surface area contributed by atoms with Gasteiger partial charge in [-0.05, 0) is 36.3 Å². The molecule has 4 nitrogen and oxygen atoms in total. The zero-order chi connectivity index (χ0) is 15.6. The summed E-state index contributed by atoms with van der Waals surface area (Å²) in [5, 5.41) is 0. The maximum Gasteiger partial charge on any atom is 0.216 e. The van der Waals surface area contributed by atoms with Gasteiger partial charge in [-0.2, -0.15) is 0 Å². The zero-order valence-corrected chi connectivity index (χ0v) is 14.0. The lowest BCUT2D eigenvalue weighted by Crippen LogP contribution is -2.38. The molecule has 1 aromatic carbocycles. The number of benzene rings is 1. The Kier molecular flexibility index (Phi) is 5.01. The summed E-state index contributed by atoms with van der Waals surface area (Å²) in [6.07, 6.45) is 1.99. The highest BCUT2D eigenvalue weighted by atomic mass is 32.2. The molecule has 3 unspecified atom stereocenters. The van der Waals surface area contributed by atoms with Crippen LogP contribution in [0.5, 0.6) is 0 Å². The highest BCUT2D eigenvalue weighted by Crippen LogP contribution is 2.31. The van der Waals surface area contributed by atoms with E-state index in [1.807, 2.05) is 0 Å². The summed E-state index contributed by atoms with van der Waals surface area (Å²) in [7, 11) is -3.35. The van der Waals surface area contributed by atoms with Crippen molar-refractivity contribution in [3.63, 3.8) is 0 Å². The summed E-state index contributed by atoms with van der Waals surface area (Å²) in [5.74, 6) is 0.902. The van der Waals surface area contributed by atoms with E-state index < -0.39 is 10.0 Å². The Morgan fingerprint density at radius 1 is 1.38 bits per heavy atom. The van der Waals surface area contributed by atoms with Crippen LogP contribution in [0.4, 0.5) is 0 Å². The van der Waals surface area contributed by atoms with Crippen molar-refractivity contribution in [1.82, 2.24) is 4.72 Å². The molecule has 3 atom stereocenters. The first-order chi connectivity index (χ1) is 9.78. The fourth-order valence-corrected chi connectivity index (χ4v) is 4.46. The van der Waals surface area contributed by atoms with Crippen LogP contribution in [0, 0.1) is 11.8 Å². The van der Waals surface area contributed by atoms with Gasteiger partial charge in [0.1, 0.15) is 4.99 Å². The Balaban J connectivity index is 2.07. The third-order valence-electron chi connectivity index (χ3n) is 4.36. The lowest BCUT2D eigenvalue weighted by molar-refractivity contribution is 0.402. The van der Waals surface area contributed by atoms with Crippen molar-refractivity contribution in [1.29, 1.82) is 0 Å². The number of rotatable bonds is 5. The molecular weight excluding hydrogens is 304 g/mol. The van der Waals surface area contributed by atoms with Gasteiger partial charge in [-0.1, -0.05) is 44.3 Å². The van der Waals surface area contributed by atoms with E-state index in [0.717, 1.165) is 12.8 Å². The van der Waals surface area contributed by atoms with Crippen molar-refractivity contribution in [2.45, 2.75) is 38.5 Å². The lowest BCUT2D eigenvalue weighted by Gasteiger charge is -2.19. The molecule has 6 heteroatoms. The van der Waals surface area contributed by atoms with E-state index in [1.54, 1.807) is 24.3 Å². The molecule has 0 amide bonds. The molecule has 0 radical (unpaired) electrons. The standard InChI is InChI=1S/C15H22N2O2S2/c1-10-6-7-14(11(10)2)17-21(18,19)9-12-4-3-5-13(8-12)15(16)20/h3-5,8,10-11,14,17H,6-7,9H2,1-2H3,(H2,16,20). The van der Waals surface area contributed by atoms with Crippen LogP contribution in [-0.4, -0.2) is 19.4 Å². The Bertz CT molecular complexity index is 628. The zero-order valence-electron chi connectivity index (χ0n) is 12.4. The van der Waals surface area contributed by atoms with E-state index in [-0.39, 0.29) is 16.8 Å². The molecule has 1 aliphatic carbocycles. The summed E-state index contributed by atoms with van der Waals surface area (Å²) in [6, 6.07) is 7.12. The highest BCUT2D eigenvalue weighted by molar-refractivity contribution is 7.88. The second kappa shape index (κ2) is 6.42. The van der Waals surface area contributed by atoms with Crippen LogP contribution >= 0.6 is 12.2 Å². The Morgan fingerprint density at radius 2 is 2.10 bits per heavy atom. The average molecular weight is 326 g/mol. The largest absolute Gasteiger partial charge is 0.389 e. The summed E-state index contributed by atoms with van der Waals surface area (Å²) < 4.78 is 27.5. The number of nitrogens with two attached hydrogens (primary N) is 1. The third kappa shape index (κ3) is 4.25. The van der Waals surface area contributed by atoms with Crippen LogP contribution in [0.3, 0.4) is 0 Å². The monoisotopic (exact) mass is 326 g/mol. The minimum absolute atomic E-state index is 0.0406. The predicted octanol–water partition coefficient (Wildman–Crippen LogP) is 2.17. The first kappa shape index (κ1) is 16.4. The van der Waals surface area contributed by atoms with E-state index in [1.165, 1.54) is 0 Å². The quantitative estimate of drug-likeness (QED) is 0.814. The minimum atomic E-state index is -3.35. The molecule has 116 valence electrons. The smallest absolute Gasteiger partial charge is 0.216 e. The average Bonchev–Trinajstić information content (AvgIpc) is 2.70. The van der Waals surface area contributed by atoms with Gasteiger partial charge in [0.05, 0.1) is 5.75 Å². The molecule has 0 aromatic heterocycles. The molecule has 1 saturated carbocycles. The molecule has 21 heavy (non-hydrogen) atoms. The minimum Gasteiger partial charge on any atom is -0.389 e. The van der Waals surface area contributed by atoms with Crippen LogP contribution in [0.25, 0.3) is 0 Å². The normalized spacial score (nSPS) is 25.9. The van der Waals surface area contributed by atoms with E-state index in [9.17, 15) is 8.42 Å². The summed E-state index contributed by atoms with van der Waals surface area (Å²) >= 11 is 4.92. The van der Waals surface area contributed by atoms with Gasteiger partial charge in [0.25, 0.3) is 0 Å². The van der Waals surface area contributed by atoms with E-state index in [0.29, 0.717) is 23.0 Å². The molecule has 0 aliphatic heterocycles. The van der Waals surface area contributed by atoms with Gasteiger partial charge >= 0.3 is 0 Å². The van der Waals surface area contributed by atoms with Gasteiger partial charge in [0, 0.05) is 11.6 Å². The van der Waals surface area contributed by atoms with Crippen molar-refractivity contribution >= 4 is 27.2 Å². The second-order valence-electron chi connectivity index (χ2n) is 5.96. The molecule has 3 N–H and O–H groups in total. The molecule has 1 fully saturated rings. The van der Waals surface area contributed by atoms with Gasteiger partial charge < -0.3 is 5.73 Å². The van der Waals surface area contributed by atoms with Gasteiger partial charge in [-0.3, -0.25) is 0 Å². The third-order valence-corrected chi connectivity index (χ3v) is 5.98. The van der Waals surface area contributed by atoms with Crippen molar-refractivity contribution in [2.75, 3.05) is 0 Å². The fourth-order valence-electron chi connectivity index (χ4n) is 2.84. The van der Waals surface area contributed by atoms with Crippen LogP contribution in [0.15, 0.2) is 24.3 Å². The number of thiocarbonyl (C=S) groups is 1. The second-order valence-corrected chi connectivity index (χ2v) is 8.16. The molecule has 0 heterocycles. The van der Waals surface area contributed by atoms with Gasteiger partial charge in [0.2, 0.25) is 10.0 Å². The Labute approximate surface area is 132 Å². The van der Waals surface area contributed by atoms with Crippen molar-refractivity contribution in [3.05, 3.63) is 35.4 Å². The van der Waals surface area contributed by atoms with Crippen molar-refractivity contribution in [2.24, 2.45) is 17.6 Å². The molecule has 1 aromatic rings. The predicted molar refractivity (Wildman–Crippen MR) is 89.4 cm³/mol. The summed E-state index contributed by atoms with van der Waals surface area (Å²) in [5.41, 5.74) is 6.97. The first-order valence-corrected chi connectivity index (χ1v) is 9.23. The van der Waals surface area contributed by atoms with Crippen LogP contribution in [-0.2, 0) is 15.8 Å². The topological polar surface area (TPSA) is 72.2 Å². The van der Waals surface area contributed by atoms with E-state index in [4.69, 9.17) is 18.0 Å². The summed E-state index contributed by atoms with van der Waals surface area (Å²) in [6.45, 7) is 4.28. The maximum atomic E-state index is 12.3. The Morgan fingerprint density at radius 3 is 2.67 bits per heavy atom. The molecule has 0 bridgehead atoms. The maximum absolute atomic E-state index is 12.3. The Hall–Kier alpha value is -0.980. The van der Waals surface area contributed by atoms with Crippen LogP contribution in [0.2, 0.25) is 0 Å².